The third kappa shape index (κ3) is 6.29. The third-order valence-corrected chi connectivity index (χ3v) is 15.2. The molecule has 7 rings (SSSR count). The van der Waals surface area contributed by atoms with Crippen molar-refractivity contribution in [2.75, 3.05) is 13.2 Å². The van der Waals surface area contributed by atoms with E-state index in [0.29, 0.717) is 59.6 Å². The molecule has 45 heavy (non-hydrogen) atoms. The van der Waals surface area contributed by atoms with E-state index in [1.54, 1.807) is 0 Å². The molecule has 2 amide bonds. The summed E-state index contributed by atoms with van der Waals surface area (Å²) in [4.78, 5) is 26.6. The van der Waals surface area contributed by atoms with Gasteiger partial charge in [-0.1, -0.05) is 53.4 Å². The Morgan fingerprint density at radius 1 is 0.911 bits per heavy atom. The van der Waals surface area contributed by atoms with Crippen LogP contribution in [0.5, 0.6) is 0 Å². The van der Waals surface area contributed by atoms with Crippen LogP contribution in [-0.4, -0.2) is 54.3 Å². The molecule has 5 aliphatic carbocycles. The van der Waals surface area contributed by atoms with Crippen LogP contribution in [0.25, 0.3) is 0 Å². The van der Waals surface area contributed by atoms with Crippen molar-refractivity contribution in [2.45, 2.75) is 161 Å². The van der Waals surface area contributed by atoms with Gasteiger partial charge in [0.05, 0.1) is 12.7 Å². The number of carbonyl (C=O) groups excluding carboxylic acids is 2. The molecule has 0 aromatic carbocycles. The fourth-order valence-electron chi connectivity index (χ4n) is 12.8. The number of hydrogen-bond acceptors (Lipinski definition) is 4. The van der Waals surface area contributed by atoms with Gasteiger partial charge in [-0.15, -0.1) is 0 Å². The minimum Gasteiger partial charge on any atom is -0.542 e. The zero-order valence-corrected chi connectivity index (χ0v) is 34.2. The van der Waals surface area contributed by atoms with Gasteiger partial charge in [0.15, 0.2) is 5.79 Å². The van der Waals surface area contributed by atoms with Crippen LogP contribution in [0, 0.1) is 52.3 Å². The van der Waals surface area contributed by atoms with Crippen molar-refractivity contribution in [1.82, 2.24) is 10.2 Å². The summed E-state index contributed by atoms with van der Waals surface area (Å²) in [6.07, 6.45) is 21.9. The molecule has 7 aliphatic rings. The largest absolute Gasteiger partial charge is 1.00 e. The van der Waals surface area contributed by atoms with Crippen molar-refractivity contribution in [1.29, 1.82) is 0 Å². The van der Waals surface area contributed by atoms with Crippen molar-refractivity contribution in [2.24, 2.45) is 52.3 Å². The van der Waals surface area contributed by atoms with Crippen molar-refractivity contribution < 1.29 is 77.3 Å². The molecule has 5 saturated carbocycles. The van der Waals surface area contributed by atoms with Crippen LogP contribution < -0.4 is 63.5 Å². The molecule has 0 radical (unpaired) electrons. The molecule has 2 saturated heterocycles. The summed E-state index contributed by atoms with van der Waals surface area (Å²) in [5.41, 5.74) is 0.766. The quantitative estimate of drug-likeness (QED) is 0.313. The number of carbonyl (C=O) groups is 1. The smallest absolute Gasteiger partial charge is 0.542 e. The van der Waals surface area contributed by atoms with E-state index in [0.717, 1.165) is 62.9 Å². The van der Waals surface area contributed by atoms with Gasteiger partial charge in [-0.05, 0) is 117 Å². The van der Waals surface area contributed by atoms with Crippen LogP contribution in [0.15, 0.2) is 0 Å². The van der Waals surface area contributed by atoms with E-state index in [-0.39, 0.29) is 76.0 Å². The number of ether oxygens (including phenoxy) is 2. The number of nitrogens with one attached hydrogen (secondary N) is 1. The van der Waals surface area contributed by atoms with Crippen LogP contribution in [0.1, 0.15) is 137 Å². The van der Waals surface area contributed by atoms with E-state index in [2.05, 4.69) is 37.9 Å². The maximum atomic E-state index is 13.7. The predicted molar refractivity (Wildman–Crippen MR) is 173 cm³/mol. The second kappa shape index (κ2) is 14.1. The van der Waals surface area contributed by atoms with Gasteiger partial charge in [-0.3, -0.25) is 6.29 Å². The molecule has 248 valence electrons. The molecule has 1 N–H and O–H groups in total. The molecule has 7 fully saturated rings. The Balaban J connectivity index is 0.00000357. The van der Waals surface area contributed by atoms with Crippen molar-refractivity contribution in [3.05, 3.63) is 0 Å². The fraction of sp³-hybridized carbons (Fsp3) is 0.947. The molecule has 1 spiro atoms. The van der Waals surface area contributed by atoms with Crippen LogP contribution in [-0.2, 0) is 14.3 Å². The molecule has 6 nitrogen and oxygen atoms in total. The SMILES string of the molecule is C[C@H]1CC[C@@]2(OC1)O[C@H]1C[C@H]3[C@@H]4CC[C@@H]5C[C@H](NC(=O)N(CCC[C-]=O)C6CCCCC6)CC[C@]5(C)[C@H]4CC[C@]3(C)[C@H]1[C@@H]2C.[Rb+]. The summed E-state index contributed by atoms with van der Waals surface area (Å²) >= 11 is 0. The average molecular weight is 695 g/mol. The number of nitrogens with zero attached hydrogens (tertiary/aromatic N) is 1. The van der Waals surface area contributed by atoms with Gasteiger partial charge in [-0.2, -0.15) is 6.42 Å². The van der Waals surface area contributed by atoms with Crippen molar-refractivity contribution in [3.63, 3.8) is 0 Å². The average Bonchev–Trinajstić information content (AvgIpc) is 3.47. The standard InChI is InChI=1S/C38H61N2O4.Rb/c1-25-14-19-38(43-24-25)26(2)34-33(44-38)23-32-30-13-12-27-22-28(15-17-36(27,3)31(30)16-18-37(32,34)4)39-35(42)40(20-8-9-21-41)29-10-6-5-7-11-29;/h25-34H,5-20,22-24H2,1-4H3,(H,39,42);/q-1;+1/t25-,26-,27+,28+,30+,31-,32-,33-,34-,36-,37-,38+;/m0./s1. The summed E-state index contributed by atoms with van der Waals surface area (Å²) in [6.45, 7) is 11.6. The second-order valence-electron chi connectivity index (χ2n) is 17.3. The summed E-state index contributed by atoms with van der Waals surface area (Å²) < 4.78 is 13.5. The van der Waals surface area contributed by atoms with Gasteiger partial charge >= 0.3 is 64.2 Å². The Labute approximate surface area is 322 Å². The van der Waals surface area contributed by atoms with Gasteiger partial charge in [0, 0.05) is 31.0 Å². The summed E-state index contributed by atoms with van der Waals surface area (Å²) in [5, 5.41) is 3.53. The van der Waals surface area contributed by atoms with Gasteiger partial charge in [-0.25, -0.2) is 4.79 Å². The Kier molecular flexibility index (Phi) is 11.1. The summed E-state index contributed by atoms with van der Waals surface area (Å²) in [7, 11) is 0. The predicted octanol–water partition coefficient (Wildman–Crippen LogP) is 5.04. The molecule has 0 unspecified atom stereocenters. The van der Waals surface area contributed by atoms with Crippen LogP contribution in [0.3, 0.4) is 0 Å². The fourth-order valence-corrected chi connectivity index (χ4v) is 12.8. The molecule has 12 atom stereocenters. The minimum absolute atomic E-state index is 0. The third-order valence-electron chi connectivity index (χ3n) is 15.2. The van der Waals surface area contributed by atoms with E-state index in [4.69, 9.17) is 9.47 Å². The topological polar surface area (TPSA) is 67.9 Å². The first kappa shape index (κ1) is 35.5. The number of hydrogen-bond donors (Lipinski definition) is 1. The Morgan fingerprint density at radius 3 is 2.42 bits per heavy atom. The van der Waals surface area contributed by atoms with E-state index < -0.39 is 0 Å². The monoisotopic (exact) mass is 694 g/mol. The zero-order chi connectivity index (χ0) is 30.7. The molecule has 0 bridgehead atoms. The Bertz CT molecular complexity index is 1060. The van der Waals surface area contributed by atoms with E-state index in [1.807, 2.05) is 6.29 Å². The number of urea groups is 1. The molecular weight excluding hydrogens is 634 g/mol. The number of rotatable bonds is 6. The Morgan fingerprint density at radius 2 is 1.69 bits per heavy atom. The van der Waals surface area contributed by atoms with Gasteiger partial charge < -0.3 is 24.5 Å². The Hall–Kier alpha value is 0.665. The normalized spacial score (nSPS) is 47.5. The minimum atomic E-state index is -0.321. The summed E-state index contributed by atoms with van der Waals surface area (Å²) in [5.74, 6) is 4.57. The first-order valence-corrected chi connectivity index (χ1v) is 18.9. The van der Waals surface area contributed by atoms with Gasteiger partial charge in [0.2, 0.25) is 0 Å². The van der Waals surface area contributed by atoms with E-state index in [1.165, 1.54) is 64.2 Å². The van der Waals surface area contributed by atoms with Crippen molar-refractivity contribution >= 4 is 12.3 Å². The van der Waals surface area contributed by atoms with Crippen LogP contribution in [0.2, 0.25) is 0 Å². The first-order valence-electron chi connectivity index (χ1n) is 18.9. The first-order chi connectivity index (χ1) is 21.2. The summed E-state index contributed by atoms with van der Waals surface area (Å²) in [6, 6.07) is 0.737. The zero-order valence-electron chi connectivity index (χ0n) is 29.3. The molecular formula is C38H61N2O4Rb. The number of amides is 2. The van der Waals surface area contributed by atoms with Crippen LogP contribution >= 0.6 is 0 Å². The number of fused-ring (bicyclic) bond motifs is 7. The second-order valence-corrected chi connectivity index (χ2v) is 17.3. The molecule has 0 aromatic rings. The molecule has 7 heteroatoms. The van der Waals surface area contributed by atoms with E-state index >= 15 is 0 Å². The molecule has 2 heterocycles. The van der Waals surface area contributed by atoms with E-state index in [9.17, 15) is 9.59 Å². The van der Waals surface area contributed by atoms with Gasteiger partial charge in [0.25, 0.3) is 0 Å². The number of unbranched alkanes of at least 4 members (excludes halogenated alkanes) is 1. The van der Waals surface area contributed by atoms with Crippen molar-refractivity contribution in [3.8, 4) is 0 Å². The van der Waals surface area contributed by atoms with Crippen LogP contribution in [0.4, 0.5) is 4.79 Å². The molecule has 2 aliphatic heterocycles. The maximum Gasteiger partial charge on any atom is 1.00 e. The maximum absolute atomic E-state index is 13.7. The molecule has 0 aromatic heterocycles. The van der Waals surface area contributed by atoms with Gasteiger partial charge in [0.1, 0.15) is 0 Å².